The second-order valence-electron chi connectivity index (χ2n) is 10.2. The molecule has 2 bridgehead atoms. The fourth-order valence-electron chi connectivity index (χ4n) is 5.38. The smallest absolute Gasteiger partial charge is 0.415 e. The van der Waals surface area contributed by atoms with Gasteiger partial charge in [0.05, 0.1) is 30.2 Å². The summed E-state index contributed by atoms with van der Waals surface area (Å²) in [6.07, 6.45) is 0.315. The van der Waals surface area contributed by atoms with Crippen LogP contribution in [0.15, 0.2) is 53.9 Å². The maximum absolute atomic E-state index is 14.0. The summed E-state index contributed by atoms with van der Waals surface area (Å²) in [4.78, 5) is 50.9. The summed E-state index contributed by atoms with van der Waals surface area (Å²) >= 11 is 1.40. The predicted molar refractivity (Wildman–Crippen MR) is 142 cm³/mol. The summed E-state index contributed by atoms with van der Waals surface area (Å²) in [6, 6.07) is 10.4. The van der Waals surface area contributed by atoms with Crippen LogP contribution in [0.1, 0.15) is 28.1 Å². The van der Waals surface area contributed by atoms with Gasteiger partial charge < -0.3 is 23.9 Å². The van der Waals surface area contributed by atoms with Crippen LogP contribution in [-0.2, 0) is 15.8 Å². The number of nitrogens with zero attached hydrogens (tertiary/aromatic N) is 2. The molecule has 3 aliphatic heterocycles. The Hall–Kier alpha value is -3.13. The minimum absolute atomic E-state index is 0.0171. The minimum Gasteiger partial charge on any atom is -0.756 e. The van der Waals surface area contributed by atoms with E-state index in [4.69, 9.17) is 24.0 Å². The average Bonchev–Trinajstić information content (AvgIpc) is 3.45. The van der Waals surface area contributed by atoms with Crippen LogP contribution in [0.5, 0.6) is 0 Å². The van der Waals surface area contributed by atoms with Crippen molar-refractivity contribution >= 4 is 36.7 Å². The van der Waals surface area contributed by atoms with Crippen molar-refractivity contribution in [3.05, 3.63) is 87.6 Å². The number of piperidine rings is 3. The molecule has 1 aromatic heterocycles. The number of rotatable bonds is 7. The molecule has 3 fully saturated rings. The molecule has 9 nitrogen and oxygen atoms in total. The van der Waals surface area contributed by atoms with Crippen molar-refractivity contribution in [1.29, 1.82) is 0 Å². The third kappa shape index (κ3) is 8.24. The third-order valence-corrected chi connectivity index (χ3v) is 8.20. The fraction of sp³-hybridized carbons (Fsp3) is 0.333. The third-order valence-electron chi connectivity index (χ3n) is 7.29. The van der Waals surface area contributed by atoms with E-state index >= 15 is 0 Å². The molecule has 3 aromatic rings. The van der Waals surface area contributed by atoms with Gasteiger partial charge in [-0.15, -0.1) is 11.3 Å². The van der Waals surface area contributed by atoms with E-state index in [1.807, 2.05) is 11.4 Å². The molecule has 0 aliphatic carbocycles. The highest BCUT2D eigenvalue weighted by molar-refractivity contribution is 7.43. The Morgan fingerprint density at radius 2 is 1.69 bits per heavy atom. The number of thiophene rings is 1. The summed E-state index contributed by atoms with van der Waals surface area (Å²) in [6.45, 7) is 2.08. The first-order valence-electron chi connectivity index (χ1n) is 12.8. The molecule has 0 radical (unpaired) electrons. The van der Waals surface area contributed by atoms with E-state index in [2.05, 4.69) is 0 Å². The minimum atomic E-state index is -4.89. The van der Waals surface area contributed by atoms with Gasteiger partial charge in [0.15, 0.2) is 23.6 Å². The average molecular weight is 631 g/mol. The number of hydrogen-bond donors (Lipinski definition) is 2. The van der Waals surface area contributed by atoms with Crippen molar-refractivity contribution in [1.82, 2.24) is 0 Å². The first-order chi connectivity index (χ1) is 19.7. The number of benzene rings is 2. The second-order valence-corrected chi connectivity index (χ2v) is 12.1. The zero-order valence-corrected chi connectivity index (χ0v) is 23.7. The number of fused-ring (bicyclic) bond motifs is 3. The number of ether oxygens (including phenoxy) is 1. The lowest BCUT2D eigenvalue weighted by Gasteiger charge is -2.51. The topological polar surface area (TPSA) is 127 Å². The fourth-order valence-corrected chi connectivity index (χ4v) is 6.03. The van der Waals surface area contributed by atoms with Gasteiger partial charge in [0.25, 0.3) is 7.82 Å². The molecule has 1 amide bonds. The van der Waals surface area contributed by atoms with Crippen LogP contribution >= 0.6 is 19.2 Å². The van der Waals surface area contributed by atoms with Crippen molar-refractivity contribution in [2.75, 3.05) is 31.1 Å². The lowest BCUT2D eigenvalue weighted by molar-refractivity contribution is -0.938. The normalized spacial score (nSPS) is 21.3. The molecule has 2 aromatic carbocycles. The van der Waals surface area contributed by atoms with Gasteiger partial charge >= 0.3 is 6.09 Å². The molecule has 4 heterocycles. The van der Waals surface area contributed by atoms with Crippen LogP contribution in [-0.4, -0.2) is 58.4 Å². The second kappa shape index (κ2) is 13.0. The standard InChI is InChI=1S/C27H25F4N2O3S.H3O4P/c28-19-3-1-4-20(13-19)32(14-17-11-21(29)26(31)22(30)12-17)27(35)36-24-16-33(8-6-18(24)7-9-33)15-23(34)25-5-2-10-37-25;1-5(2,3)4/h1-5,10-13,18,24H,6-9,14-16H2;(H3,1,2,3,4)/q+1;/p-1. The molecule has 226 valence electrons. The summed E-state index contributed by atoms with van der Waals surface area (Å²) in [5, 5.41) is 1.86. The Morgan fingerprint density at radius 1 is 1.05 bits per heavy atom. The Bertz CT molecular complexity index is 1450. The quantitative estimate of drug-likeness (QED) is 0.130. The summed E-state index contributed by atoms with van der Waals surface area (Å²) in [7, 11) is -4.89. The zero-order chi connectivity index (χ0) is 30.7. The number of halogens is 4. The Labute approximate surface area is 242 Å². The van der Waals surface area contributed by atoms with Crippen molar-refractivity contribution in [2.24, 2.45) is 5.92 Å². The number of carbonyl (C=O) groups excluding carboxylic acids is 2. The van der Waals surface area contributed by atoms with Crippen LogP contribution in [0, 0.1) is 29.2 Å². The highest BCUT2D eigenvalue weighted by atomic mass is 32.1. The van der Waals surface area contributed by atoms with E-state index in [-0.39, 0.29) is 29.5 Å². The Balaban J connectivity index is 0.000000748. The largest absolute Gasteiger partial charge is 0.756 e. The molecule has 42 heavy (non-hydrogen) atoms. The molecule has 1 unspecified atom stereocenters. The van der Waals surface area contributed by atoms with Crippen molar-refractivity contribution in [3.63, 3.8) is 0 Å². The number of phosphoric acid groups is 1. The van der Waals surface area contributed by atoms with Crippen LogP contribution in [0.4, 0.5) is 28.0 Å². The van der Waals surface area contributed by atoms with E-state index in [0.29, 0.717) is 22.4 Å². The highest BCUT2D eigenvalue weighted by Crippen LogP contribution is 2.36. The molecular weight excluding hydrogens is 603 g/mol. The summed E-state index contributed by atoms with van der Waals surface area (Å²) < 4.78 is 70.4. The Morgan fingerprint density at radius 3 is 2.26 bits per heavy atom. The lowest BCUT2D eigenvalue weighted by atomic mass is 9.83. The molecule has 15 heteroatoms. The van der Waals surface area contributed by atoms with Gasteiger partial charge in [-0.3, -0.25) is 14.3 Å². The van der Waals surface area contributed by atoms with Gasteiger partial charge in [0.2, 0.25) is 5.78 Å². The molecule has 2 N–H and O–H groups in total. The number of anilines is 1. The maximum atomic E-state index is 14.0. The number of Topliss-reactive ketones (excluding diaryl/α,β-unsaturated/α-hetero) is 1. The van der Waals surface area contributed by atoms with Crippen molar-refractivity contribution in [3.8, 4) is 0 Å². The van der Waals surface area contributed by atoms with Gasteiger partial charge in [-0.1, -0.05) is 12.1 Å². The van der Waals surface area contributed by atoms with E-state index in [1.165, 1.54) is 29.5 Å². The monoisotopic (exact) mass is 630 g/mol. The van der Waals surface area contributed by atoms with Crippen molar-refractivity contribution in [2.45, 2.75) is 25.5 Å². The van der Waals surface area contributed by atoms with Gasteiger partial charge in [-0.25, -0.2) is 22.4 Å². The molecule has 3 aliphatic rings. The number of amides is 1. The van der Waals surface area contributed by atoms with Gasteiger partial charge in [0, 0.05) is 18.8 Å². The maximum Gasteiger partial charge on any atom is 0.415 e. The summed E-state index contributed by atoms with van der Waals surface area (Å²) in [5.41, 5.74) is 0.116. The molecule has 1 atom stereocenters. The molecular formula is C27H27F4N2O7PS. The predicted octanol–water partition coefficient (Wildman–Crippen LogP) is 4.38. The van der Waals surface area contributed by atoms with E-state index in [1.54, 1.807) is 6.07 Å². The van der Waals surface area contributed by atoms with Crippen LogP contribution in [0.2, 0.25) is 0 Å². The number of quaternary nitrogens is 1. The Kier molecular flexibility index (Phi) is 9.86. The number of ketones is 1. The van der Waals surface area contributed by atoms with Gasteiger partial charge in [-0.2, -0.15) is 0 Å². The van der Waals surface area contributed by atoms with E-state index in [9.17, 15) is 27.2 Å². The van der Waals surface area contributed by atoms with Gasteiger partial charge in [0.1, 0.15) is 18.9 Å². The lowest BCUT2D eigenvalue weighted by Crippen LogP contribution is -2.66. The van der Waals surface area contributed by atoms with E-state index < -0.39 is 43.3 Å². The summed E-state index contributed by atoms with van der Waals surface area (Å²) in [5.74, 6) is -4.81. The zero-order valence-electron chi connectivity index (χ0n) is 22.0. The van der Waals surface area contributed by atoms with Crippen LogP contribution in [0.25, 0.3) is 0 Å². The van der Waals surface area contributed by atoms with Crippen molar-refractivity contribution < 1.29 is 55.6 Å². The number of hydrogen-bond acceptors (Lipinski definition) is 6. The van der Waals surface area contributed by atoms with E-state index in [0.717, 1.165) is 49.0 Å². The SMILES string of the molecule is O=C(C[N+]12CCC(CC1)C(OC(=O)N(Cc1cc(F)c(F)c(F)c1)c1cccc(F)c1)C2)c1cccs1.O=P([O-])(O)O. The van der Waals surface area contributed by atoms with Crippen LogP contribution < -0.4 is 9.79 Å². The molecule has 6 rings (SSSR count). The first kappa shape index (κ1) is 31.8. The number of carbonyl (C=O) groups is 2. The molecule has 0 saturated carbocycles. The van der Waals surface area contributed by atoms with Crippen LogP contribution in [0.3, 0.4) is 0 Å². The first-order valence-corrected chi connectivity index (χ1v) is 15.2. The molecule has 3 saturated heterocycles. The molecule has 0 spiro atoms. The van der Waals surface area contributed by atoms with Gasteiger partial charge in [-0.05, 0) is 47.3 Å². The highest BCUT2D eigenvalue weighted by Gasteiger charge is 2.49.